The van der Waals surface area contributed by atoms with Crippen LogP contribution in [0.1, 0.15) is 62.4 Å². The van der Waals surface area contributed by atoms with Crippen molar-refractivity contribution in [3.8, 4) is 0 Å². The van der Waals surface area contributed by atoms with E-state index in [0.29, 0.717) is 69.9 Å². The summed E-state index contributed by atoms with van der Waals surface area (Å²) in [5, 5.41) is 11.9. The molecular weight excluding hydrogens is 556 g/mol. The third kappa shape index (κ3) is 7.50. The van der Waals surface area contributed by atoms with Crippen LogP contribution in [0.4, 0.5) is 14.5 Å². The van der Waals surface area contributed by atoms with E-state index in [0.717, 1.165) is 5.69 Å². The number of likely N-dealkylation sites (tertiary alicyclic amines) is 1. The zero-order valence-electron chi connectivity index (χ0n) is 25.1. The fourth-order valence-electron chi connectivity index (χ4n) is 6.07. The first-order valence-corrected chi connectivity index (χ1v) is 14.9. The maximum atomic E-state index is 15.3. The number of hydrogen-bond acceptors (Lipinski definition) is 4. The Morgan fingerprint density at radius 2 is 1.67 bits per heavy atom. The number of rotatable bonds is 9. The molecule has 2 amide bonds. The Balaban J connectivity index is 1.39. The molecule has 4 N–H and O–H groups in total. The minimum atomic E-state index is -0.950. The first-order valence-electron chi connectivity index (χ1n) is 14.9. The quantitative estimate of drug-likeness (QED) is 0.301. The molecule has 43 heavy (non-hydrogen) atoms. The largest absolute Gasteiger partial charge is 0.481 e. The van der Waals surface area contributed by atoms with Crippen LogP contribution in [-0.4, -0.2) is 83.5 Å². The van der Waals surface area contributed by atoms with Gasteiger partial charge in [0, 0.05) is 31.2 Å². The molecule has 0 bridgehead atoms. The third-order valence-electron chi connectivity index (χ3n) is 8.82. The van der Waals surface area contributed by atoms with E-state index in [1.54, 1.807) is 36.9 Å². The Morgan fingerprint density at radius 1 is 1.05 bits per heavy atom. The van der Waals surface area contributed by atoms with Crippen LogP contribution in [0.15, 0.2) is 42.5 Å². The second-order valence-corrected chi connectivity index (χ2v) is 12.0. The number of carboxylic acid groups (broad SMARTS) is 1. The number of anilines is 1. The molecule has 0 spiro atoms. The van der Waals surface area contributed by atoms with Crippen molar-refractivity contribution in [1.29, 1.82) is 0 Å². The first-order chi connectivity index (χ1) is 20.4. The van der Waals surface area contributed by atoms with Gasteiger partial charge in [0.25, 0.3) is 11.7 Å². The van der Waals surface area contributed by atoms with Crippen molar-refractivity contribution in [3.05, 3.63) is 65.2 Å². The van der Waals surface area contributed by atoms with Crippen LogP contribution in [-0.2, 0) is 9.59 Å². The molecule has 9 nitrogen and oxygen atoms in total. The van der Waals surface area contributed by atoms with E-state index in [1.807, 2.05) is 11.5 Å². The van der Waals surface area contributed by atoms with E-state index in [9.17, 15) is 18.8 Å². The molecule has 4 rings (SSSR count). The topological polar surface area (TPSA) is 119 Å². The lowest BCUT2D eigenvalue weighted by atomic mass is 9.80. The fourth-order valence-corrected chi connectivity index (χ4v) is 6.07. The molecule has 1 unspecified atom stereocenters. The normalized spacial score (nSPS) is 17.0. The van der Waals surface area contributed by atoms with Gasteiger partial charge in [-0.05, 0) is 81.5 Å². The SMILES string of the molecule is CCC(NC(=O)c1ccc(C(N)=[N+]2CCN(c3ccc(F)cc3)CC2)cc1F)C(C)(C)C(=O)N1CCC(CC(=O)O)CC1. The van der Waals surface area contributed by atoms with Crippen LogP contribution in [0.25, 0.3) is 0 Å². The lowest BCUT2D eigenvalue weighted by Gasteiger charge is -2.40. The number of amidine groups is 1. The Hall–Kier alpha value is -4.02. The molecule has 2 fully saturated rings. The maximum Gasteiger partial charge on any atom is 0.303 e. The highest BCUT2D eigenvalue weighted by Gasteiger charge is 2.41. The van der Waals surface area contributed by atoms with Gasteiger partial charge < -0.3 is 20.2 Å². The molecule has 2 aliphatic rings. The van der Waals surface area contributed by atoms with Gasteiger partial charge in [0.2, 0.25) is 5.91 Å². The van der Waals surface area contributed by atoms with Gasteiger partial charge in [-0.3, -0.25) is 24.7 Å². The Morgan fingerprint density at radius 3 is 2.23 bits per heavy atom. The highest BCUT2D eigenvalue weighted by molar-refractivity contribution is 5.98. The van der Waals surface area contributed by atoms with Crippen LogP contribution in [0.5, 0.6) is 0 Å². The third-order valence-corrected chi connectivity index (χ3v) is 8.82. The van der Waals surface area contributed by atoms with Gasteiger partial charge in [-0.25, -0.2) is 8.78 Å². The number of nitrogens with two attached hydrogens (primary N) is 1. The predicted octanol–water partition coefficient (Wildman–Crippen LogP) is 3.45. The molecule has 1 atom stereocenters. The number of piperazine rings is 1. The molecule has 2 aromatic carbocycles. The maximum absolute atomic E-state index is 15.3. The van der Waals surface area contributed by atoms with E-state index in [-0.39, 0.29) is 29.6 Å². The summed E-state index contributed by atoms with van der Waals surface area (Å²) < 4.78 is 30.5. The summed E-state index contributed by atoms with van der Waals surface area (Å²) in [7, 11) is 0. The summed E-state index contributed by atoms with van der Waals surface area (Å²) >= 11 is 0. The van der Waals surface area contributed by atoms with E-state index in [2.05, 4.69) is 10.2 Å². The molecule has 11 heteroatoms. The van der Waals surface area contributed by atoms with Crippen molar-refractivity contribution in [2.75, 3.05) is 44.2 Å². The number of carboxylic acids is 1. The molecular formula is C32H42F2N5O4+. The Bertz CT molecular complexity index is 1360. The molecule has 2 aliphatic heterocycles. The van der Waals surface area contributed by atoms with Gasteiger partial charge >= 0.3 is 5.97 Å². The Labute approximate surface area is 251 Å². The summed E-state index contributed by atoms with van der Waals surface area (Å²) in [5.74, 6) is -2.09. The van der Waals surface area contributed by atoms with Gasteiger partial charge in [0.05, 0.1) is 29.6 Å². The van der Waals surface area contributed by atoms with Crippen molar-refractivity contribution in [1.82, 2.24) is 10.2 Å². The van der Waals surface area contributed by atoms with Crippen molar-refractivity contribution in [2.24, 2.45) is 17.1 Å². The van der Waals surface area contributed by atoms with Crippen LogP contribution in [0.3, 0.4) is 0 Å². The molecule has 0 radical (unpaired) electrons. The Kier molecular flexibility index (Phi) is 10.0. The molecule has 232 valence electrons. The summed E-state index contributed by atoms with van der Waals surface area (Å²) in [6, 6.07) is 10.1. The lowest BCUT2D eigenvalue weighted by Crippen LogP contribution is -2.54. The van der Waals surface area contributed by atoms with Crippen LogP contribution >= 0.6 is 0 Å². The number of piperidine rings is 1. The van der Waals surface area contributed by atoms with Crippen molar-refractivity contribution >= 4 is 29.3 Å². The van der Waals surface area contributed by atoms with Gasteiger partial charge in [0.15, 0.2) is 0 Å². The molecule has 0 aromatic heterocycles. The van der Waals surface area contributed by atoms with Crippen molar-refractivity contribution in [2.45, 2.75) is 52.5 Å². The second kappa shape index (κ2) is 13.5. The fraction of sp³-hybridized carbons (Fsp3) is 0.500. The van der Waals surface area contributed by atoms with E-state index < -0.39 is 29.2 Å². The van der Waals surface area contributed by atoms with Gasteiger partial charge in [0.1, 0.15) is 24.7 Å². The number of nitrogens with zero attached hydrogens (tertiary/aromatic N) is 3. The smallest absolute Gasteiger partial charge is 0.303 e. The zero-order chi connectivity index (χ0) is 31.3. The van der Waals surface area contributed by atoms with Crippen molar-refractivity contribution in [3.63, 3.8) is 0 Å². The summed E-state index contributed by atoms with van der Waals surface area (Å²) in [6.45, 7) is 8.90. The van der Waals surface area contributed by atoms with E-state index >= 15 is 4.39 Å². The average molecular weight is 599 g/mol. The molecule has 2 heterocycles. The highest BCUT2D eigenvalue weighted by Crippen LogP contribution is 2.30. The molecule has 2 aromatic rings. The number of aliphatic carboxylic acids is 1. The van der Waals surface area contributed by atoms with Crippen LogP contribution in [0, 0.1) is 23.0 Å². The van der Waals surface area contributed by atoms with Gasteiger partial charge in [-0.1, -0.05) is 6.92 Å². The predicted molar refractivity (Wildman–Crippen MR) is 160 cm³/mol. The lowest BCUT2D eigenvalue weighted by molar-refractivity contribution is -0.529. The zero-order valence-corrected chi connectivity index (χ0v) is 25.1. The number of benzene rings is 2. The minimum Gasteiger partial charge on any atom is -0.481 e. The standard InChI is InChI=1S/C32H41F2N5O4/c1-4-27(32(2,3)31(43)39-13-11-21(12-14-39)19-28(40)41)36-30(42)25-10-5-22(20-26(25)34)29(35)38-17-15-37(16-18-38)24-8-6-23(33)7-9-24/h5-10,20-21,27,35H,4,11-19H2,1-3H3,(H2,36,40,41,42)/p+1. The van der Waals surface area contributed by atoms with E-state index in [1.165, 1.54) is 24.3 Å². The second-order valence-electron chi connectivity index (χ2n) is 12.0. The number of nitrogens with one attached hydrogen (secondary N) is 1. The first kappa shape index (κ1) is 31.9. The number of carbonyl (C=O) groups excluding carboxylic acids is 2. The summed E-state index contributed by atoms with van der Waals surface area (Å²) in [4.78, 5) is 41.6. The number of carbonyl (C=O) groups is 3. The molecule has 0 aliphatic carbocycles. The number of halogens is 2. The van der Waals surface area contributed by atoms with Crippen molar-refractivity contribution < 1.29 is 32.8 Å². The summed E-state index contributed by atoms with van der Waals surface area (Å²) in [5.41, 5.74) is 6.72. The summed E-state index contributed by atoms with van der Waals surface area (Å²) in [6.07, 6.45) is 1.81. The van der Waals surface area contributed by atoms with E-state index in [4.69, 9.17) is 10.8 Å². The van der Waals surface area contributed by atoms with Crippen LogP contribution in [0.2, 0.25) is 0 Å². The minimum absolute atomic E-state index is 0.0506. The van der Waals surface area contributed by atoms with Crippen LogP contribution < -0.4 is 16.0 Å². The average Bonchev–Trinajstić information content (AvgIpc) is 2.99. The highest BCUT2D eigenvalue weighted by atomic mass is 19.1. The van der Waals surface area contributed by atoms with Gasteiger partial charge in [-0.15, -0.1) is 0 Å². The van der Waals surface area contributed by atoms with Gasteiger partial charge in [-0.2, -0.15) is 0 Å². The monoisotopic (exact) mass is 598 g/mol. The molecule has 0 saturated carbocycles. The number of amides is 2. The molecule has 2 saturated heterocycles. The number of hydrogen-bond donors (Lipinski definition) is 3.